The maximum atomic E-state index is 9.52. The number of rotatable bonds is 7. The Morgan fingerprint density at radius 2 is 1.73 bits per heavy atom. The Morgan fingerprint density at radius 1 is 1.07 bits per heavy atom. The van der Waals surface area contributed by atoms with Crippen molar-refractivity contribution in [3.8, 4) is 0 Å². The second kappa shape index (κ2) is 7.20. The Labute approximate surface area is 92.4 Å². The predicted octanol–water partition coefficient (Wildman–Crippen LogP) is 1.86. The molecule has 3 heteroatoms. The molecule has 0 unspecified atom stereocenters. The summed E-state index contributed by atoms with van der Waals surface area (Å²) in [5.74, 6) is 0. The molecule has 0 aliphatic carbocycles. The van der Waals surface area contributed by atoms with E-state index in [-0.39, 0.29) is 6.10 Å². The van der Waals surface area contributed by atoms with Crippen LogP contribution in [0.3, 0.4) is 0 Å². The van der Waals surface area contributed by atoms with Crippen LogP contribution in [-0.4, -0.2) is 35.1 Å². The van der Waals surface area contributed by atoms with E-state index in [1.54, 1.807) is 0 Å². The van der Waals surface area contributed by atoms with Gasteiger partial charge in [-0.1, -0.05) is 45.4 Å². The lowest BCUT2D eigenvalue weighted by Crippen LogP contribution is -2.29. The smallest absolute Gasteiger partial charge is 0.108 e. The minimum atomic E-state index is -0.671. The monoisotopic (exact) mass is 216 g/mol. The van der Waals surface area contributed by atoms with E-state index in [1.807, 2.05) is 0 Å². The van der Waals surface area contributed by atoms with Crippen molar-refractivity contribution >= 4 is 0 Å². The van der Waals surface area contributed by atoms with Crippen molar-refractivity contribution in [2.75, 3.05) is 6.61 Å². The van der Waals surface area contributed by atoms with Gasteiger partial charge in [-0.05, 0) is 6.42 Å². The number of ether oxygens (including phenoxy) is 1. The highest BCUT2D eigenvalue weighted by Gasteiger charge is 2.33. The van der Waals surface area contributed by atoms with Crippen LogP contribution in [0, 0.1) is 0 Å². The fourth-order valence-electron chi connectivity index (χ4n) is 2.05. The van der Waals surface area contributed by atoms with Crippen LogP contribution in [0.5, 0.6) is 0 Å². The molecule has 1 aliphatic rings. The second-order valence-electron chi connectivity index (χ2n) is 4.49. The summed E-state index contributed by atoms with van der Waals surface area (Å²) in [4.78, 5) is 0. The number of hydrogen-bond acceptors (Lipinski definition) is 3. The van der Waals surface area contributed by atoms with Gasteiger partial charge >= 0.3 is 0 Å². The highest BCUT2D eigenvalue weighted by Crippen LogP contribution is 2.20. The molecular formula is C12H24O3. The van der Waals surface area contributed by atoms with E-state index in [9.17, 15) is 10.2 Å². The van der Waals surface area contributed by atoms with E-state index < -0.39 is 12.2 Å². The van der Waals surface area contributed by atoms with Gasteiger partial charge in [-0.15, -0.1) is 0 Å². The Morgan fingerprint density at radius 3 is 2.33 bits per heavy atom. The van der Waals surface area contributed by atoms with Gasteiger partial charge in [-0.25, -0.2) is 0 Å². The van der Waals surface area contributed by atoms with Crippen molar-refractivity contribution in [3.05, 3.63) is 0 Å². The molecule has 1 aliphatic heterocycles. The van der Waals surface area contributed by atoms with E-state index in [4.69, 9.17) is 4.74 Å². The highest BCUT2D eigenvalue weighted by molar-refractivity contribution is 4.82. The largest absolute Gasteiger partial charge is 0.388 e. The molecule has 0 aromatic heterocycles. The molecule has 1 fully saturated rings. The molecule has 0 aromatic rings. The number of unbranched alkanes of at least 4 members (excludes halogenated alkanes) is 5. The second-order valence-corrected chi connectivity index (χ2v) is 4.49. The van der Waals surface area contributed by atoms with E-state index in [0.29, 0.717) is 6.61 Å². The molecule has 2 N–H and O–H groups in total. The lowest BCUT2D eigenvalue weighted by molar-refractivity contribution is 0.0183. The maximum absolute atomic E-state index is 9.52. The molecule has 1 rings (SSSR count). The van der Waals surface area contributed by atoms with Crippen LogP contribution in [0.2, 0.25) is 0 Å². The highest BCUT2D eigenvalue weighted by atomic mass is 16.5. The zero-order valence-electron chi connectivity index (χ0n) is 9.69. The van der Waals surface area contributed by atoms with Gasteiger partial charge in [-0.2, -0.15) is 0 Å². The summed E-state index contributed by atoms with van der Waals surface area (Å²) in [7, 11) is 0. The van der Waals surface area contributed by atoms with Gasteiger partial charge in [0.25, 0.3) is 0 Å². The third-order valence-electron chi connectivity index (χ3n) is 3.10. The molecule has 0 radical (unpaired) electrons. The first-order valence-corrected chi connectivity index (χ1v) is 6.23. The topological polar surface area (TPSA) is 49.7 Å². The summed E-state index contributed by atoms with van der Waals surface area (Å²) in [6, 6.07) is 0. The Bertz CT molecular complexity index is 161. The fourth-order valence-corrected chi connectivity index (χ4v) is 2.05. The van der Waals surface area contributed by atoms with Gasteiger partial charge in [0.2, 0.25) is 0 Å². The van der Waals surface area contributed by atoms with Crippen molar-refractivity contribution in [1.82, 2.24) is 0 Å². The van der Waals surface area contributed by atoms with Gasteiger partial charge in [0.1, 0.15) is 12.2 Å². The van der Waals surface area contributed by atoms with Crippen molar-refractivity contribution in [2.45, 2.75) is 70.2 Å². The molecule has 0 spiro atoms. The molecule has 3 atom stereocenters. The van der Waals surface area contributed by atoms with Crippen molar-refractivity contribution < 1.29 is 14.9 Å². The van der Waals surface area contributed by atoms with Crippen molar-refractivity contribution in [1.29, 1.82) is 0 Å². The summed E-state index contributed by atoms with van der Waals surface area (Å²) in [6.07, 6.45) is 6.90. The molecule has 0 aromatic carbocycles. The zero-order chi connectivity index (χ0) is 11.1. The molecule has 15 heavy (non-hydrogen) atoms. The number of hydrogen-bond donors (Lipinski definition) is 2. The third kappa shape index (κ3) is 4.49. The molecule has 0 saturated carbocycles. The van der Waals surface area contributed by atoms with Crippen LogP contribution in [-0.2, 0) is 4.74 Å². The van der Waals surface area contributed by atoms with E-state index in [2.05, 4.69) is 6.92 Å². The van der Waals surface area contributed by atoms with Gasteiger partial charge in [-0.3, -0.25) is 0 Å². The van der Waals surface area contributed by atoms with Crippen LogP contribution in [0.1, 0.15) is 51.9 Å². The standard InChI is InChI=1S/C12H24O3/c1-2-3-4-5-6-7-8-11-12(14)10(13)9-15-11/h10-14H,2-9H2,1H3/t10-,11-,12+/m0/s1. The lowest BCUT2D eigenvalue weighted by Gasteiger charge is -2.14. The molecule has 90 valence electrons. The third-order valence-corrected chi connectivity index (χ3v) is 3.10. The summed E-state index contributed by atoms with van der Waals surface area (Å²) >= 11 is 0. The first-order chi connectivity index (χ1) is 7.25. The average molecular weight is 216 g/mol. The summed E-state index contributed by atoms with van der Waals surface area (Å²) in [5.41, 5.74) is 0. The lowest BCUT2D eigenvalue weighted by atomic mass is 10.0. The molecule has 0 amide bonds. The number of aliphatic hydroxyl groups excluding tert-OH is 2. The van der Waals surface area contributed by atoms with Gasteiger partial charge in [0.15, 0.2) is 0 Å². The fraction of sp³-hybridized carbons (Fsp3) is 1.00. The summed E-state index contributed by atoms with van der Waals surface area (Å²) in [5, 5.41) is 18.8. The first-order valence-electron chi connectivity index (χ1n) is 6.23. The van der Waals surface area contributed by atoms with Crippen molar-refractivity contribution in [2.24, 2.45) is 0 Å². The van der Waals surface area contributed by atoms with E-state index in [1.165, 1.54) is 32.1 Å². The van der Waals surface area contributed by atoms with Gasteiger partial charge in [0.05, 0.1) is 12.7 Å². The van der Waals surface area contributed by atoms with Crippen LogP contribution in [0.4, 0.5) is 0 Å². The minimum absolute atomic E-state index is 0.133. The van der Waals surface area contributed by atoms with E-state index in [0.717, 1.165) is 12.8 Å². The van der Waals surface area contributed by atoms with Crippen molar-refractivity contribution in [3.63, 3.8) is 0 Å². The summed E-state index contributed by atoms with van der Waals surface area (Å²) in [6.45, 7) is 2.51. The Balaban J connectivity index is 1.96. The quantitative estimate of drug-likeness (QED) is 0.639. The Hall–Kier alpha value is -0.120. The normalized spacial score (nSPS) is 31.0. The molecule has 3 nitrogen and oxygen atoms in total. The van der Waals surface area contributed by atoms with Crippen LogP contribution >= 0.6 is 0 Å². The molecular weight excluding hydrogens is 192 g/mol. The van der Waals surface area contributed by atoms with Crippen LogP contribution in [0.25, 0.3) is 0 Å². The maximum Gasteiger partial charge on any atom is 0.108 e. The van der Waals surface area contributed by atoms with Gasteiger partial charge in [0, 0.05) is 0 Å². The van der Waals surface area contributed by atoms with Gasteiger partial charge < -0.3 is 14.9 Å². The molecule has 0 bridgehead atoms. The molecule has 1 saturated heterocycles. The number of aliphatic hydroxyl groups is 2. The SMILES string of the molecule is CCCCCCCC[C@@H]1OC[C@H](O)[C@H]1O. The van der Waals surface area contributed by atoms with Crippen LogP contribution < -0.4 is 0 Å². The van der Waals surface area contributed by atoms with E-state index >= 15 is 0 Å². The predicted molar refractivity (Wildman–Crippen MR) is 59.7 cm³/mol. The zero-order valence-corrected chi connectivity index (χ0v) is 9.69. The minimum Gasteiger partial charge on any atom is -0.388 e. The van der Waals surface area contributed by atoms with Crippen LogP contribution in [0.15, 0.2) is 0 Å². The summed E-state index contributed by atoms with van der Waals surface area (Å²) < 4.78 is 5.31. The Kier molecular flexibility index (Phi) is 6.22. The molecule has 1 heterocycles. The first kappa shape index (κ1) is 12.9. The average Bonchev–Trinajstić information content (AvgIpc) is 2.54.